The molecular weight excluding hydrogens is 472 g/mol. The highest BCUT2D eigenvalue weighted by atomic mass is 35.5. The second-order valence-corrected chi connectivity index (χ2v) is 9.11. The molecule has 1 fully saturated rings. The zero-order valence-corrected chi connectivity index (χ0v) is 19.2. The number of benzene rings is 2. The maximum atomic E-state index is 13.3. The highest BCUT2D eigenvalue weighted by Gasteiger charge is 2.23. The number of para-hydroxylation sites is 2. The van der Waals surface area contributed by atoms with Gasteiger partial charge in [0.2, 0.25) is 5.91 Å². The van der Waals surface area contributed by atoms with Gasteiger partial charge in [0.15, 0.2) is 5.16 Å². The van der Waals surface area contributed by atoms with E-state index < -0.39 is 12.5 Å². The standard InChI is InChI=1S/C23H22ClF2N3O3S/c24-14-10-11-16-18(12-14)28-23(29(21(16)31)15-6-2-1-3-7-15)33-13-20(30)27-17-8-4-5-9-19(17)32-22(25)26/h4-5,8-12,15,22H,1-3,6-7,13H2,(H,27,30). The van der Waals surface area contributed by atoms with E-state index in [4.69, 9.17) is 11.6 Å². The van der Waals surface area contributed by atoms with E-state index in [9.17, 15) is 18.4 Å². The Labute approximate surface area is 198 Å². The lowest BCUT2D eigenvalue weighted by Gasteiger charge is -2.26. The molecule has 0 saturated heterocycles. The van der Waals surface area contributed by atoms with E-state index in [2.05, 4.69) is 15.0 Å². The first-order valence-corrected chi connectivity index (χ1v) is 12.0. The topological polar surface area (TPSA) is 73.2 Å². The van der Waals surface area contributed by atoms with Gasteiger partial charge in [-0.2, -0.15) is 8.78 Å². The van der Waals surface area contributed by atoms with Crippen LogP contribution in [-0.2, 0) is 4.79 Å². The Morgan fingerprint density at radius 3 is 2.73 bits per heavy atom. The summed E-state index contributed by atoms with van der Waals surface area (Å²) < 4.78 is 31.4. The Kier molecular flexibility index (Phi) is 7.49. The zero-order valence-electron chi connectivity index (χ0n) is 17.6. The molecule has 174 valence electrons. The lowest BCUT2D eigenvalue weighted by atomic mass is 9.95. The lowest BCUT2D eigenvalue weighted by molar-refractivity contribution is -0.113. The number of aromatic nitrogens is 2. The zero-order chi connectivity index (χ0) is 23.4. The SMILES string of the molecule is O=C(CSc1nc2cc(Cl)ccc2c(=O)n1C1CCCCC1)Nc1ccccc1OC(F)F. The maximum Gasteiger partial charge on any atom is 0.387 e. The summed E-state index contributed by atoms with van der Waals surface area (Å²) in [6.45, 7) is -3.00. The van der Waals surface area contributed by atoms with Crippen LogP contribution in [0.15, 0.2) is 52.4 Å². The van der Waals surface area contributed by atoms with E-state index in [1.54, 1.807) is 28.8 Å². The molecule has 1 amide bonds. The van der Waals surface area contributed by atoms with Crippen LogP contribution in [0, 0.1) is 0 Å². The van der Waals surface area contributed by atoms with Crippen molar-refractivity contribution in [2.45, 2.75) is 49.9 Å². The molecule has 4 rings (SSSR count). The minimum atomic E-state index is -3.00. The number of rotatable bonds is 7. The first-order chi connectivity index (χ1) is 15.9. The van der Waals surface area contributed by atoms with Crippen LogP contribution < -0.4 is 15.6 Å². The third kappa shape index (κ3) is 5.65. The van der Waals surface area contributed by atoms with Gasteiger partial charge in [0.25, 0.3) is 5.56 Å². The largest absolute Gasteiger partial charge is 0.433 e. The fraction of sp³-hybridized carbons (Fsp3) is 0.348. The lowest BCUT2D eigenvalue weighted by Crippen LogP contribution is -2.29. The normalized spacial score (nSPS) is 14.5. The molecule has 0 spiro atoms. The van der Waals surface area contributed by atoms with E-state index >= 15 is 0 Å². The molecule has 6 nitrogen and oxygen atoms in total. The van der Waals surface area contributed by atoms with Crippen molar-refractivity contribution < 1.29 is 18.3 Å². The van der Waals surface area contributed by atoms with E-state index in [1.165, 1.54) is 18.2 Å². The van der Waals surface area contributed by atoms with E-state index in [-0.39, 0.29) is 28.8 Å². The molecule has 0 unspecified atom stereocenters. The Hall–Kier alpha value is -2.65. The van der Waals surface area contributed by atoms with Crippen molar-refractivity contribution in [1.29, 1.82) is 0 Å². The average Bonchev–Trinajstić information content (AvgIpc) is 2.79. The summed E-state index contributed by atoms with van der Waals surface area (Å²) in [6, 6.07) is 11.0. The molecule has 0 radical (unpaired) electrons. The summed E-state index contributed by atoms with van der Waals surface area (Å²) in [7, 11) is 0. The number of hydrogen-bond donors (Lipinski definition) is 1. The van der Waals surface area contributed by atoms with Crippen LogP contribution in [0.3, 0.4) is 0 Å². The molecule has 0 atom stereocenters. The molecule has 1 saturated carbocycles. The summed E-state index contributed by atoms with van der Waals surface area (Å²) in [6.07, 6.45) is 4.94. The fourth-order valence-electron chi connectivity index (χ4n) is 4.00. The van der Waals surface area contributed by atoms with Gasteiger partial charge in [-0.3, -0.25) is 14.2 Å². The van der Waals surface area contributed by atoms with E-state index in [0.29, 0.717) is 21.1 Å². The molecule has 1 heterocycles. The van der Waals surface area contributed by atoms with Gasteiger partial charge in [-0.1, -0.05) is 54.8 Å². The molecule has 2 aromatic carbocycles. The second kappa shape index (κ2) is 10.5. The van der Waals surface area contributed by atoms with Crippen LogP contribution in [-0.4, -0.2) is 27.8 Å². The van der Waals surface area contributed by atoms with Gasteiger partial charge in [0.1, 0.15) is 5.75 Å². The predicted molar refractivity (Wildman–Crippen MR) is 126 cm³/mol. The number of thioether (sulfide) groups is 1. The molecule has 1 N–H and O–H groups in total. The summed E-state index contributed by atoms with van der Waals surface area (Å²) in [4.78, 5) is 30.6. The number of halogens is 3. The van der Waals surface area contributed by atoms with Crippen LogP contribution in [0.5, 0.6) is 5.75 Å². The maximum absolute atomic E-state index is 13.3. The Balaban J connectivity index is 1.59. The highest BCUT2D eigenvalue weighted by Crippen LogP contribution is 2.32. The number of carbonyl (C=O) groups excluding carboxylic acids is 1. The van der Waals surface area contributed by atoms with Gasteiger partial charge in [-0.05, 0) is 43.2 Å². The number of hydrogen-bond acceptors (Lipinski definition) is 5. The second-order valence-electron chi connectivity index (χ2n) is 7.73. The molecular formula is C23H22ClF2N3O3S. The summed E-state index contributed by atoms with van der Waals surface area (Å²) >= 11 is 7.23. The third-order valence-corrected chi connectivity index (χ3v) is 6.67. The monoisotopic (exact) mass is 493 g/mol. The summed E-state index contributed by atoms with van der Waals surface area (Å²) in [5.74, 6) is -0.613. The molecule has 1 aliphatic carbocycles. The first kappa shape index (κ1) is 23.5. The number of ether oxygens (including phenoxy) is 1. The Bertz CT molecular complexity index is 1220. The number of nitrogens with one attached hydrogen (secondary N) is 1. The van der Waals surface area contributed by atoms with Crippen LogP contribution in [0.1, 0.15) is 38.1 Å². The minimum absolute atomic E-state index is 0.0181. The van der Waals surface area contributed by atoms with E-state index in [1.807, 2.05) is 0 Å². The van der Waals surface area contributed by atoms with Crippen molar-refractivity contribution in [2.75, 3.05) is 11.1 Å². The Morgan fingerprint density at radius 2 is 1.97 bits per heavy atom. The van der Waals surface area contributed by atoms with Gasteiger partial charge >= 0.3 is 6.61 Å². The average molecular weight is 494 g/mol. The van der Waals surface area contributed by atoms with Crippen molar-refractivity contribution >= 4 is 45.9 Å². The minimum Gasteiger partial charge on any atom is -0.433 e. The van der Waals surface area contributed by atoms with Crippen molar-refractivity contribution in [3.05, 3.63) is 57.8 Å². The van der Waals surface area contributed by atoms with Gasteiger partial charge in [0.05, 0.1) is 22.3 Å². The van der Waals surface area contributed by atoms with Crippen molar-refractivity contribution in [2.24, 2.45) is 0 Å². The van der Waals surface area contributed by atoms with Crippen LogP contribution in [0.25, 0.3) is 10.9 Å². The molecule has 10 heteroatoms. The molecule has 33 heavy (non-hydrogen) atoms. The molecule has 0 bridgehead atoms. The fourth-order valence-corrected chi connectivity index (χ4v) is 5.03. The van der Waals surface area contributed by atoms with E-state index in [0.717, 1.165) is 43.9 Å². The molecule has 1 aliphatic rings. The highest BCUT2D eigenvalue weighted by molar-refractivity contribution is 7.99. The van der Waals surface area contributed by atoms with Gasteiger partial charge in [-0.25, -0.2) is 4.98 Å². The van der Waals surface area contributed by atoms with Crippen molar-refractivity contribution in [3.8, 4) is 5.75 Å². The van der Waals surface area contributed by atoms with Gasteiger partial charge < -0.3 is 10.1 Å². The number of nitrogens with zero attached hydrogens (tertiary/aromatic N) is 2. The molecule has 0 aliphatic heterocycles. The molecule has 1 aromatic heterocycles. The molecule has 3 aromatic rings. The quantitative estimate of drug-likeness (QED) is 0.328. The number of fused-ring (bicyclic) bond motifs is 1. The number of carbonyl (C=O) groups is 1. The summed E-state index contributed by atoms with van der Waals surface area (Å²) in [5.41, 5.74) is 0.464. The first-order valence-electron chi connectivity index (χ1n) is 10.6. The van der Waals surface area contributed by atoms with Crippen LogP contribution >= 0.6 is 23.4 Å². The Morgan fingerprint density at radius 1 is 1.21 bits per heavy atom. The summed E-state index contributed by atoms with van der Waals surface area (Å²) in [5, 5.41) is 3.98. The van der Waals surface area contributed by atoms with Crippen molar-refractivity contribution in [3.63, 3.8) is 0 Å². The van der Waals surface area contributed by atoms with Gasteiger partial charge in [0, 0.05) is 11.1 Å². The van der Waals surface area contributed by atoms with Crippen molar-refractivity contribution in [1.82, 2.24) is 9.55 Å². The van der Waals surface area contributed by atoms with Gasteiger partial charge in [-0.15, -0.1) is 0 Å². The number of anilines is 1. The number of alkyl halides is 2. The third-order valence-electron chi connectivity index (χ3n) is 5.48. The number of amides is 1. The smallest absolute Gasteiger partial charge is 0.387 e. The van der Waals surface area contributed by atoms with Crippen LogP contribution in [0.4, 0.5) is 14.5 Å². The predicted octanol–water partition coefficient (Wildman–Crippen LogP) is 5.89. The van der Waals surface area contributed by atoms with Crippen LogP contribution in [0.2, 0.25) is 5.02 Å².